The lowest BCUT2D eigenvalue weighted by Gasteiger charge is -2.28. The van der Waals surface area contributed by atoms with Crippen molar-refractivity contribution in [3.05, 3.63) is 27.7 Å². The van der Waals surface area contributed by atoms with Crippen LogP contribution in [0.15, 0.2) is 12.1 Å². The van der Waals surface area contributed by atoms with Crippen molar-refractivity contribution in [2.45, 2.75) is 6.18 Å². The third kappa shape index (κ3) is 2.96. The summed E-state index contributed by atoms with van der Waals surface area (Å²) < 4.78 is 42.7. The van der Waals surface area contributed by atoms with Gasteiger partial charge in [-0.05, 0) is 12.1 Å². The second-order valence-corrected chi connectivity index (χ2v) is 4.70. The van der Waals surface area contributed by atoms with Crippen molar-refractivity contribution < 1.29 is 22.7 Å². The average Bonchev–Trinajstić information content (AvgIpc) is 2.29. The van der Waals surface area contributed by atoms with Gasteiger partial charge in [0.1, 0.15) is 6.61 Å². The van der Waals surface area contributed by atoms with Crippen molar-refractivity contribution in [2.24, 2.45) is 0 Å². The second kappa shape index (κ2) is 5.19. The summed E-state index contributed by atoms with van der Waals surface area (Å²) in [6.45, 7) is 0.330. The molecule has 1 amide bonds. The highest BCUT2D eigenvalue weighted by molar-refractivity contribution is 6.40. The minimum Gasteiger partial charge on any atom is -0.370 e. The molecule has 1 aromatic carbocycles. The van der Waals surface area contributed by atoms with E-state index in [0.717, 1.165) is 12.1 Å². The van der Waals surface area contributed by atoms with Crippen LogP contribution >= 0.6 is 23.2 Å². The van der Waals surface area contributed by atoms with Crippen molar-refractivity contribution in [3.8, 4) is 0 Å². The fraction of sp³-hybridized carbons (Fsp3) is 0.364. The van der Waals surface area contributed by atoms with Crippen LogP contribution in [0.4, 0.5) is 18.9 Å². The first-order valence-electron chi connectivity index (χ1n) is 5.25. The van der Waals surface area contributed by atoms with Crippen molar-refractivity contribution in [3.63, 3.8) is 0 Å². The topological polar surface area (TPSA) is 29.5 Å². The molecule has 0 aromatic heterocycles. The summed E-state index contributed by atoms with van der Waals surface area (Å²) in [6.07, 6.45) is -4.54. The van der Waals surface area contributed by atoms with E-state index < -0.39 is 17.6 Å². The number of carbonyl (C=O) groups excluding carboxylic acids is 1. The van der Waals surface area contributed by atoms with Crippen molar-refractivity contribution >= 4 is 34.8 Å². The number of anilines is 1. The summed E-state index contributed by atoms with van der Waals surface area (Å²) in [5.41, 5.74) is -0.864. The predicted octanol–water partition coefficient (Wildman–Crippen LogP) is 3.38. The van der Waals surface area contributed by atoms with Gasteiger partial charge in [-0.2, -0.15) is 13.2 Å². The van der Waals surface area contributed by atoms with Gasteiger partial charge in [0.2, 0.25) is 0 Å². The predicted molar refractivity (Wildman–Crippen MR) is 64.6 cm³/mol. The Bertz CT molecular complexity index is 496. The molecule has 0 bridgehead atoms. The van der Waals surface area contributed by atoms with E-state index in [-0.39, 0.29) is 35.5 Å². The molecule has 1 aromatic rings. The zero-order valence-corrected chi connectivity index (χ0v) is 10.9. The number of halogens is 5. The number of morpholine rings is 1. The number of alkyl halides is 3. The SMILES string of the molecule is O=C1COCCN1c1c(Cl)cc(C(F)(F)F)cc1Cl. The Morgan fingerprint density at radius 1 is 1.21 bits per heavy atom. The Morgan fingerprint density at radius 3 is 2.26 bits per heavy atom. The number of benzene rings is 1. The van der Waals surface area contributed by atoms with Gasteiger partial charge in [-0.1, -0.05) is 23.2 Å². The Balaban J connectivity index is 2.45. The third-order valence-corrected chi connectivity index (χ3v) is 3.18. The van der Waals surface area contributed by atoms with Crippen LogP contribution in [0.5, 0.6) is 0 Å². The molecule has 8 heteroatoms. The molecule has 19 heavy (non-hydrogen) atoms. The van der Waals surface area contributed by atoms with E-state index in [1.807, 2.05) is 0 Å². The number of hydrogen-bond donors (Lipinski definition) is 0. The first-order chi connectivity index (χ1) is 8.80. The van der Waals surface area contributed by atoms with E-state index in [1.165, 1.54) is 4.90 Å². The van der Waals surface area contributed by atoms with Gasteiger partial charge in [-0.3, -0.25) is 4.79 Å². The van der Waals surface area contributed by atoms with Crippen molar-refractivity contribution in [2.75, 3.05) is 24.7 Å². The number of rotatable bonds is 1. The molecule has 0 aliphatic carbocycles. The fourth-order valence-electron chi connectivity index (χ4n) is 1.74. The molecule has 1 fully saturated rings. The molecular formula is C11H8Cl2F3NO2. The number of hydrogen-bond acceptors (Lipinski definition) is 2. The number of amides is 1. The van der Waals surface area contributed by atoms with E-state index in [9.17, 15) is 18.0 Å². The van der Waals surface area contributed by atoms with Crippen LogP contribution in [0.3, 0.4) is 0 Å². The van der Waals surface area contributed by atoms with Gasteiger partial charge in [0.05, 0.1) is 27.9 Å². The van der Waals surface area contributed by atoms with Crippen LogP contribution < -0.4 is 4.90 Å². The smallest absolute Gasteiger partial charge is 0.370 e. The zero-order valence-electron chi connectivity index (χ0n) is 9.43. The highest BCUT2D eigenvalue weighted by atomic mass is 35.5. The van der Waals surface area contributed by atoms with Crippen LogP contribution in [0.25, 0.3) is 0 Å². The van der Waals surface area contributed by atoms with E-state index in [0.29, 0.717) is 0 Å². The lowest BCUT2D eigenvalue weighted by molar-refractivity contribution is -0.137. The highest BCUT2D eigenvalue weighted by Crippen LogP contribution is 2.40. The minimum absolute atomic E-state index is 0.0876. The first-order valence-corrected chi connectivity index (χ1v) is 6.00. The molecule has 1 aliphatic rings. The summed E-state index contributed by atoms with van der Waals surface area (Å²) in [7, 11) is 0. The van der Waals surface area contributed by atoms with Crippen molar-refractivity contribution in [1.29, 1.82) is 0 Å². The minimum atomic E-state index is -4.54. The molecule has 1 heterocycles. The summed E-state index contributed by atoms with van der Waals surface area (Å²) in [5, 5.41) is -0.426. The molecule has 104 valence electrons. The summed E-state index contributed by atoms with van der Waals surface area (Å²) >= 11 is 11.6. The van der Waals surface area contributed by atoms with Crippen molar-refractivity contribution in [1.82, 2.24) is 0 Å². The van der Waals surface area contributed by atoms with Gasteiger partial charge in [-0.25, -0.2) is 0 Å². The van der Waals surface area contributed by atoms with Crippen LogP contribution in [0.2, 0.25) is 10.0 Å². The number of ether oxygens (including phenoxy) is 1. The van der Waals surface area contributed by atoms with Crippen LogP contribution in [0.1, 0.15) is 5.56 Å². The van der Waals surface area contributed by atoms with Gasteiger partial charge < -0.3 is 9.64 Å². The van der Waals surface area contributed by atoms with Crippen LogP contribution in [0, 0.1) is 0 Å². The van der Waals surface area contributed by atoms with Gasteiger partial charge in [0, 0.05) is 6.54 Å². The maximum atomic E-state index is 12.6. The fourth-order valence-corrected chi connectivity index (χ4v) is 2.43. The molecule has 1 aliphatic heterocycles. The lowest BCUT2D eigenvalue weighted by Crippen LogP contribution is -2.42. The molecular weight excluding hydrogens is 306 g/mol. The summed E-state index contributed by atoms with van der Waals surface area (Å²) in [5.74, 6) is -0.394. The zero-order chi connectivity index (χ0) is 14.2. The summed E-state index contributed by atoms with van der Waals surface area (Å²) in [6, 6.07) is 1.51. The maximum Gasteiger partial charge on any atom is 0.416 e. The standard InChI is InChI=1S/C11H8Cl2F3NO2/c12-7-3-6(11(14,15)16)4-8(13)10(7)17-1-2-19-5-9(17)18/h3-4H,1-2,5H2. The lowest BCUT2D eigenvalue weighted by atomic mass is 10.1. The normalized spacial score (nSPS) is 16.9. The van der Waals surface area contributed by atoms with Gasteiger partial charge in [0.25, 0.3) is 5.91 Å². The van der Waals surface area contributed by atoms with E-state index in [1.54, 1.807) is 0 Å². The maximum absolute atomic E-state index is 12.6. The second-order valence-electron chi connectivity index (χ2n) is 3.88. The number of nitrogens with zero attached hydrogens (tertiary/aromatic N) is 1. The Morgan fingerprint density at radius 2 is 1.79 bits per heavy atom. The highest BCUT2D eigenvalue weighted by Gasteiger charge is 2.33. The van der Waals surface area contributed by atoms with E-state index in [4.69, 9.17) is 27.9 Å². The monoisotopic (exact) mass is 313 g/mol. The quantitative estimate of drug-likeness (QED) is 0.795. The molecule has 0 atom stereocenters. The first kappa shape index (κ1) is 14.4. The van der Waals surface area contributed by atoms with Gasteiger partial charge in [-0.15, -0.1) is 0 Å². The average molecular weight is 314 g/mol. The van der Waals surface area contributed by atoms with Gasteiger partial charge in [0.15, 0.2) is 0 Å². The van der Waals surface area contributed by atoms with Crippen LogP contribution in [-0.4, -0.2) is 25.7 Å². The number of carbonyl (C=O) groups is 1. The Kier molecular flexibility index (Phi) is 3.94. The molecule has 0 spiro atoms. The molecule has 0 radical (unpaired) electrons. The van der Waals surface area contributed by atoms with Gasteiger partial charge >= 0.3 is 6.18 Å². The molecule has 0 saturated carbocycles. The molecule has 1 saturated heterocycles. The largest absolute Gasteiger partial charge is 0.416 e. The Labute approximate surface area is 116 Å². The van der Waals surface area contributed by atoms with Crippen LogP contribution in [-0.2, 0) is 15.7 Å². The summed E-state index contributed by atoms with van der Waals surface area (Å²) in [4.78, 5) is 12.9. The molecule has 0 unspecified atom stereocenters. The third-order valence-electron chi connectivity index (χ3n) is 2.60. The molecule has 3 nitrogen and oxygen atoms in total. The molecule has 0 N–H and O–H groups in total. The van der Waals surface area contributed by atoms with E-state index >= 15 is 0 Å². The molecule has 2 rings (SSSR count). The van der Waals surface area contributed by atoms with E-state index in [2.05, 4.69) is 0 Å². The Hall–Kier alpha value is -0.980.